The molecule has 3 aromatic heterocycles. The molecule has 0 N–H and O–H groups in total. The lowest BCUT2D eigenvalue weighted by atomic mass is 9.83. The van der Waals surface area contributed by atoms with Crippen LogP contribution in [0.15, 0.2) is 85.4 Å². The summed E-state index contributed by atoms with van der Waals surface area (Å²) in [6, 6.07) is 19.2. The molecular weight excluding hydrogens is 492 g/mol. The maximum absolute atomic E-state index is 13.3. The normalized spacial score (nSPS) is 18.4. The molecule has 5 heterocycles. The third-order valence-corrected chi connectivity index (χ3v) is 8.49. The SMILES string of the molecule is Cc1c(CCC(=O)N2C[C@@H]3C[C@@H](C2)c2cccc(=O)n2C3)c(=O)oc2cc3occ(-c4ccccc4)c3cc12. The molecule has 2 aliphatic rings. The van der Waals surface area contributed by atoms with Crippen molar-refractivity contribution >= 4 is 27.8 Å². The van der Waals surface area contributed by atoms with Crippen molar-refractivity contribution in [2.24, 2.45) is 5.92 Å². The van der Waals surface area contributed by atoms with E-state index in [2.05, 4.69) is 0 Å². The van der Waals surface area contributed by atoms with E-state index in [1.807, 2.05) is 58.9 Å². The zero-order chi connectivity index (χ0) is 26.7. The average molecular weight is 521 g/mol. The van der Waals surface area contributed by atoms with Gasteiger partial charge >= 0.3 is 5.63 Å². The average Bonchev–Trinajstić information content (AvgIpc) is 3.36. The Morgan fingerprint density at radius 2 is 1.79 bits per heavy atom. The monoisotopic (exact) mass is 520 g/mol. The number of piperidine rings is 1. The lowest BCUT2D eigenvalue weighted by Crippen LogP contribution is -2.49. The molecule has 196 valence electrons. The Labute approximate surface area is 224 Å². The number of likely N-dealkylation sites (tertiary alicyclic amines) is 1. The van der Waals surface area contributed by atoms with Crippen LogP contribution >= 0.6 is 0 Å². The molecule has 2 bridgehead atoms. The molecule has 39 heavy (non-hydrogen) atoms. The lowest BCUT2D eigenvalue weighted by Gasteiger charge is -2.42. The predicted octanol–water partition coefficient (Wildman–Crippen LogP) is 5.25. The highest BCUT2D eigenvalue weighted by Crippen LogP contribution is 2.36. The summed E-state index contributed by atoms with van der Waals surface area (Å²) in [5.74, 6) is 0.468. The molecule has 1 fully saturated rings. The van der Waals surface area contributed by atoms with Gasteiger partial charge in [0, 0.05) is 71.7 Å². The van der Waals surface area contributed by atoms with Crippen molar-refractivity contribution in [3.8, 4) is 11.1 Å². The number of fused-ring (bicyclic) bond motifs is 6. The van der Waals surface area contributed by atoms with Crippen LogP contribution in [0.5, 0.6) is 0 Å². The second-order valence-corrected chi connectivity index (χ2v) is 10.8. The van der Waals surface area contributed by atoms with Crippen LogP contribution in [-0.4, -0.2) is 28.5 Å². The minimum absolute atomic E-state index is 0.0315. The van der Waals surface area contributed by atoms with Crippen LogP contribution in [0.4, 0.5) is 0 Å². The van der Waals surface area contributed by atoms with E-state index < -0.39 is 5.63 Å². The molecule has 7 heteroatoms. The van der Waals surface area contributed by atoms with Gasteiger partial charge in [0.25, 0.3) is 5.56 Å². The Balaban J connectivity index is 1.15. The second kappa shape index (κ2) is 9.12. The third kappa shape index (κ3) is 4.00. The number of carbonyl (C=O) groups excluding carboxylic acids is 1. The summed E-state index contributed by atoms with van der Waals surface area (Å²) < 4.78 is 13.4. The van der Waals surface area contributed by atoms with Crippen LogP contribution in [-0.2, 0) is 17.8 Å². The van der Waals surface area contributed by atoms with Crippen molar-refractivity contribution in [3.63, 3.8) is 0 Å². The van der Waals surface area contributed by atoms with Gasteiger partial charge in [-0.1, -0.05) is 36.4 Å². The Hall–Kier alpha value is -4.39. The molecule has 0 unspecified atom stereocenters. The first-order valence-electron chi connectivity index (χ1n) is 13.5. The molecule has 1 saturated heterocycles. The summed E-state index contributed by atoms with van der Waals surface area (Å²) in [4.78, 5) is 40.5. The second-order valence-electron chi connectivity index (χ2n) is 10.8. The Bertz CT molecular complexity index is 1860. The van der Waals surface area contributed by atoms with Gasteiger partial charge in [-0.05, 0) is 48.9 Å². The van der Waals surface area contributed by atoms with Gasteiger partial charge in [0.2, 0.25) is 5.91 Å². The Morgan fingerprint density at radius 3 is 2.64 bits per heavy atom. The van der Waals surface area contributed by atoms with E-state index in [9.17, 15) is 14.4 Å². The molecule has 7 nitrogen and oxygen atoms in total. The van der Waals surface area contributed by atoms with E-state index in [0.29, 0.717) is 42.8 Å². The van der Waals surface area contributed by atoms with Crippen molar-refractivity contribution in [3.05, 3.63) is 105 Å². The van der Waals surface area contributed by atoms with E-state index in [-0.39, 0.29) is 29.7 Å². The van der Waals surface area contributed by atoms with Gasteiger partial charge in [-0.25, -0.2) is 4.79 Å². The number of nitrogens with zero attached hydrogens (tertiary/aromatic N) is 2. The molecule has 0 aliphatic carbocycles. The third-order valence-electron chi connectivity index (χ3n) is 8.49. The van der Waals surface area contributed by atoms with Gasteiger partial charge in [-0.3, -0.25) is 9.59 Å². The molecule has 2 aromatic carbocycles. The minimum atomic E-state index is -0.411. The van der Waals surface area contributed by atoms with Gasteiger partial charge in [0.05, 0.1) is 6.26 Å². The van der Waals surface area contributed by atoms with Crippen molar-refractivity contribution < 1.29 is 13.6 Å². The van der Waals surface area contributed by atoms with Gasteiger partial charge < -0.3 is 18.3 Å². The highest BCUT2D eigenvalue weighted by atomic mass is 16.4. The topological polar surface area (TPSA) is 85.7 Å². The zero-order valence-corrected chi connectivity index (χ0v) is 21.7. The molecule has 2 atom stereocenters. The summed E-state index contributed by atoms with van der Waals surface area (Å²) in [7, 11) is 0. The van der Waals surface area contributed by atoms with Gasteiger partial charge in [0.1, 0.15) is 11.2 Å². The fourth-order valence-corrected chi connectivity index (χ4v) is 6.53. The van der Waals surface area contributed by atoms with Crippen LogP contribution in [0, 0.1) is 12.8 Å². The summed E-state index contributed by atoms with van der Waals surface area (Å²) >= 11 is 0. The molecule has 5 aromatic rings. The summed E-state index contributed by atoms with van der Waals surface area (Å²) in [5, 5.41) is 1.80. The summed E-state index contributed by atoms with van der Waals surface area (Å²) in [6.45, 7) is 3.82. The van der Waals surface area contributed by atoms with E-state index in [1.54, 1.807) is 24.5 Å². The highest BCUT2D eigenvalue weighted by Gasteiger charge is 2.36. The first-order chi connectivity index (χ1) is 19.0. The lowest BCUT2D eigenvalue weighted by molar-refractivity contribution is -0.133. The van der Waals surface area contributed by atoms with Crippen molar-refractivity contribution in [1.29, 1.82) is 0 Å². The summed E-state index contributed by atoms with van der Waals surface area (Å²) in [5.41, 5.74) is 5.18. The summed E-state index contributed by atoms with van der Waals surface area (Å²) in [6.07, 6.45) is 3.28. The highest BCUT2D eigenvalue weighted by molar-refractivity contribution is 6.02. The van der Waals surface area contributed by atoms with Crippen LogP contribution in [0.2, 0.25) is 0 Å². The maximum Gasteiger partial charge on any atom is 0.339 e. The Kier molecular flexibility index (Phi) is 5.54. The number of aryl methyl sites for hydroxylation is 1. The molecule has 2 aliphatic heterocycles. The largest absolute Gasteiger partial charge is 0.464 e. The first-order valence-corrected chi connectivity index (χ1v) is 13.5. The Morgan fingerprint density at radius 1 is 0.949 bits per heavy atom. The predicted molar refractivity (Wildman–Crippen MR) is 149 cm³/mol. The number of hydrogen-bond donors (Lipinski definition) is 0. The number of pyridine rings is 1. The smallest absolute Gasteiger partial charge is 0.339 e. The molecular formula is C32H28N2O5. The van der Waals surface area contributed by atoms with Crippen LogP contribution in [0.1, 0.15) is 35.6 Å². The first kappa shape index (κ1) is 23.7. The number of carbonyl (C=O) groups is 1. The standard InChI is InChI=1S/C32H28N2O5/c1-19-23(10-11-30(35)33-15-20-12-22(17-33)27-8-5-9-31(36)34(27)16-20)32(37)39-29-14-28-25(13-24(19)29)26(18-38-28)21-6-3-2-4-7-21/h2-9,13-14,18,20,22H,10-12,15-17H2,1H3/t20-,22-/m0/s1. The number of amides is 1. The van der Waals surface area contributed by atoms with E-state index in [4.69, 9.17) is 8.83 Å². The van der Waals surface area contributed by atoms with Crippen molar-refractivity contribution in [2.75, 3.05) is 13.1 Å². The van der Waals surface area contributed by atoms with Gasteiger partial charge in [0.15, 0.2) is 0 Å². The van der Waals surface area contributed by atoms with Gasteiger partial charge in [-0.15, -0.1) is 0 Å². The van der Waals surface area contributed by atoms with Crippen LogP contribution in [0.3, 0.4) is 0 Å². The molecule has 1 amide bonds. The van der Waals surface area contributed by atoms with Gasteiger partial charge in [-0.2, -0.15) is 0 Å². The fourth-order valence-electron chi connectivity index (χ4n) is 6.53. The van der Waals surface area contributed by atoms with E-state index in [1.165, 1.54) is 0 Å². The molecule has 7 rings (SSSR count). The minimum Gasteiger partial charge on any atom is -0.464 e. The van der Waals surface area contributed by atoms with Crippen LogP contribution in [0.25, 0.3) is 33.1 Å². The quantitative estimate of drug-likeness (QED) is 0.302. The van der Waals surface area contributed by atoms with E-state index in [0.717, 1.165) is 39.6 Å². The number of benzene rings is 2. The zero-order valence-electron chi connectivity index (χ0n) is 21.7. The van der Waals surface area contributed by atoms with Crippen molar-refractivity contribution in [1.82, 2.24) is 9.47 Å². The maximum atomic E-state index is 13.3. The molecule has 0 spiro atoms. The molecule has 0 saturated carbocycles. The number of rotatable bonds is 4. The number of furan rings is 1. The van der Waals surface area contributed by atoms with Crippen LogP contribution < -0.4 is 11.2 Å². The fraction of sp³-hybridized carbons (Fsp3) is 0.281. The van der Waals surface area contributed by atoms with E-state index >= 15 is 0 Å². The molecule has 0 radical (unpaired) electrons. The number of aromatic nitrogens is 1. The number of hydrogen-bond acceptors (Lipinski definition) is 5. The van der Waals surface area contributed by atoms with Crippen molar-refractivity contribution in [2.45, 2.75) is 38.6 Å².